The first-order valence-corrected chi connectivity index (χ1v) is 7.10. The van der Waals surface area contributed by atoms with Crippen LogP contribution in [0.1, 0.15) is 44.9 Å². The Balaban J connectivity index is 1.97. The fraction of sp³-hybridized carbons (Fsp3) is 0.857. The minimum atomic E-state index is -0.115. The maximum atomic E-state index is 12.1. The lowest BCUT2D eigenvalue weighted by Gasteiger charge is -2.27. The summed E-state index contributed by atoms with van der Waals surface area (Å²) in [6, 6.07) is 0.389. The van der Waals surface area contributed by atoms with Crippen molar-refractivity contribution in [2.75, 3.05) is 20.6 Å². The largest absolute Gasteiger partial charge is 0.349 e. The van der Waals surface area contributed by atoms with Gasteiger partial charge in [0.15, 0.2) is 0 Å². The van der Waals surface area contributed by atoms with Gasteiger partial charge in [0.25, 0.3) is 0 Å². The van der Waals surface area contributed by atoms with Crippen LogP contribution in [-0.4, -0.2) is 48.3 Å². The van der Waals surface area contributed by atoms with Gasteiger partial charge < -0.3 is 9.80 Å². The maximum Gasteiger partial charge on any atom is 0.227 e. The van der Waals surface area contributed by atoms with E-state index in [1.165, 1.54) is 25.7 Å². The zero-order valence-corrected chi connectivity index (χ0v) is 11.5. The average Bonchev–Trinajstić information content (AvgIpc) is 2.56. The van der Waals surface area contributed by atoms with Crippen LogP contribution in [-0.2, 0) is 9.59 Å². The Hall–Kier alpha value is -1.06. The minimum absolute atomic E-state index is 0.0967. The second-order valence-electron chi connectivity index (χ2n) is 5.83. The number of carbonyl (C=O) groups is 2. The van der Waals surface area contributed by atoms with Crippen LogP contribution in [0.4, 0.5) is 0 Å². The average molecular weight is 252 g/mol. The second-order valence-corrected chi connectivity index (χ2v) is 5.83. The molecule has 1 atom stereocenters. The first-order valence-electron chi connectivity index (χ1n) is 7.10. The van der Waals surface area contributed by atoms with Crippen LogP contribution in [0, 0.1) is 5.92 Å². The molecule has 18 heavy (non-hydrogen) atoms. The van der Waals surface area contributed by atoms with Gasteiger partial charge in [0, 0.05) is 33.1 Å². The van der Waals surface area contributed by atoms with Gasteiger partial charge in [-0.05, 0) is 12.8 Å². The van der Waals surface area contributed by atoms with E-state index >= 15 is 0 Å². The summed E-state index contributed by atoms with van der Waals surface area (Å²) in [4.78, 5) is 27.6. The highest BCUT2D eigenvalue weighted by Crippen LogP contribution is 2.28. The lowest BCUT2D eigenvalue weighted by atomic mass is 10.1. The van der Waals surface area contributed by atoms with E-state index in [9.17, 15) is 9.59 Å². The van der Waals surface area contributed by atoms with Crippen molar-refractivity contribution in [2.45, 2.75) is 51.0 Å². The SMILES string of the molecule is CN(C)C(=O)[C@H]1CC(=O)N(C2CCCCCC2)C1. The van der Waals surface area contributed by atoms with Crippen molar-refractivity contribution in [2.24, 2.45) is 5.92 Å². The Labute approximate surface area is 109 Å². The number of hydrogen-bond donors (Lipinski definition) is 0. The summed E-state index contributed by atoms with van der Waals surface area (Å²) < 4.78 is 0. The van der Waals surface area contributed by atoms with E-state index < -0.39 is 0 Å². The van der Waals surface area contributed by atoms with Crippen molar-refractivity contribution in [1.82, 2.24) is 9.80 Å². The van der Waals surface area contributed by atoms with Crippen LogP contribution in [0.2, 0.25) is 0 Å². The molecule has 1 aliphatic carbocycles. The number of carbonyl (C=O) groups excluding carboxylic acids is 2. The van der Waals surface area contributed by atoms with Gasteiger partial charge in [-0.25, -0.2) is 0 Å². The number of nitrogens with zero attached hydrogens (tertiary/aromatic N) is 2. The van der Waals surface area contributed by atoms with Gasteiger partial charge in [-0.1, -0.05) is 25.7 Å². The molecule has 4 heteroatoms. The molecule has 0 bridgehead atoms. The molecule has 0 N–H and O–H groups in total. The molecule has 102 valence electrons. The number of rotatable bonds is 2. The Bertz CT molecular complexity index is 320. The summed E-state index contributed by atoms with van der Waals surface area (Å²) >= 11 is 0. The van der Waals surface area contributed by atoms with Gasteiger partial charge in [-0.2, -0.15) is 0 Å². The van der Waals surface area contributed by atoms with Crippen molar-refractivity contribution >= 4 is 11.8 Å². The third-order valence-corrected chi connectivity index (χ3v) is 4.21. The van der Waals surface area contributed by atoms with Crippen LogP contribution in [0.5, 0.6) is 0 Å². The lowest BCUT2D eigenvalue weighted by molar-refractivity contribution is -0.133. The summed E-state index contributed by atoms with van der Waals surface area (Å²) in [6.45, 7) is 0.639. The molecular weight excluding hydrogens is 228 g/mol. The quantitative estimate of drug-likeness (QED) is 0.701. The number of likely N-dealkylation sites (tertiary alicyclic amines) is 1. The van der Waals surface area contributed by atoms with Gasteiger partial charge >= 0.3 is 0 Å². The first-order chi connectivity index (χ1) is 8.59. The molecule has 0 spiro atoms. The Morgan fingerprint density at radius 3 is 2.33 bits per heavy atom. The predicted molar refractivity (Wildman–Crippen MR) is 70.0 cm³/mol. The van der Waals surface area contributed by atoms with E-state index in [-0.39, 0.29) is 17.7 Å². The highest BCUT2D eigenvalue weighted by Gasteiger charge is 2.38. The summed E-state index contributed by atoms with van der Waals surface area (Å²) in [5, 5.41) is 0. The van der Waals surface area contributed by atoms with E-state index in [1.54, 1.807) is 19.0 Å². The molecule has 1 saturated carbocycles. The van der Waals surface area contributed by atoms with Crippen LogP contribution in [0.25, 0.3) is 0 Å². The molecule has 4 nitrogen and oxygen atoms in total. The standard InChI is InChI=1S/C14H24N2O2/c1-15(2)14(18)11-9-13(17)16(10-11)12-7-5-3-4-6-8-12/h11-12H,3-10H2,1-2H3/t11-/m0/s1. The molecular formula is C14H24N2O2. The second kappa shape index (κ2) is 5.72. The molecule has 2 amide bonds. The van der Waals surface area contributed by atoms with Crippen molar-refractivity contribution in [3.05, 3.63) is 0 Å². The molecule has 0 aromatic carbocycles. The molecule has 1 aliphatic heterocycles. The molecule has 0 unspecified atom stereocenters. The molecule has 0 radical (unpaired) electrons. The third kappa shape index (κ3) is 2.85. The first kappa shape index (κ1) is 13.4. The van der Waals surface area contributed by atoms with Crippen molar-refractivity contribution in [1.29, 1.82) is 0 Å². The van der Waals surface area contributed by atoms with Crippen LogP contribution in [0.3, 0.4) is 0 Å². The van der Waals surface area contributed by atoms with E-state index in [0.29, 0.717) is 19.0 Å². The van der Waals surface area contributed by atoms with Crippen LogP contribution >= 0.6 is 0 Å². The normalized spacial score (nSPS) is 26.2. The monoisotopic (exact) mass is 252 g/mol. The number of hydrogen-bond acceptors (Lipinski definition) is 2. The van der Waals surface area contributed by atoms with E-state index in [4.69, 9.17) is 0 Å². The Kier molecular flexibility index (Phi) is 4.25. The smallest absolute Gasteiger partial charge is 0.227 e. The zero-order chi connectivity index (χ0) is 13.1. The van der Waals surface area contributed by atoms with Gasteiger partial charge in [-0.15, -0.1) is 0 Å². The van der Waals surface area contributed by atoms with Gasteiger partial charge in [0.05, 0.1) is 5.92 Å². The van der Waals surface area contributed by atoms with E-state index in [2.05, 4.69) is 0 Å². The lowest BCUT2D eigenvalue weighted by Crippen LogP contribution is -2.37. The Morgan fingerprint density at radius 1 is 1.17 bits per heavy atom. The van der Waals surface area contributed by atoms with Crippen molar-refractivity contribution in [3.8, 4) is 0 Å². The van der Waals surface area contributed by atoms with Gasteiger partial charge in [-0.3, -0.25) is 9.59 Å². The summed E-state index contributed by atoms with van der Waals surface area (Å²) in [5.74, 6) is 0.164. The topological polar surface area (TPSA) is 40.6 Å². The number of amides is 2. The summed E-state index contributed by atoms with van der Waals surface area (Å²) in [5.41, 5.74) is 0. The minimum Gasteiger partial charge on any atom is -0.349 e. The fourth-order valence-corrected chi connectivity index (χ4v) is 3.18. The van der Waals surface area contributed by atoms with Crippen molar-refractivity contribution in [3.63, 3.8) is 0 Å². The maximum absolute atomic E-state index is 12.1. The molecule has 1 saturated heterocycles. The highest BCUT2D eigenvalue weighted by molar-refractivity contribution is 5.89. The van der Waals surface area contributed by atoms with E-state index in [1.807, 2.05) is 4.90 Å². The molecule has 2 fully saturated rings. The third-order valence-electron chi connectivity index (χ3n) is 4.21. The molecule has 1 heterocycles. The van der Waals surface area contributed by atoms with Gasteiger partial charge in [0.2, 0.25) is 11.8 Å². The zero-order valence-electron chi connectivity index (χ0n) is 11.5. The summed E-state index contributed by atoms with van der Waals surface area (Å²) in [7, 11) is 3.53. The molecule has 0 aromatic rings. The molecule has 2 rings (SSSR count). The summed E-state index contributed by atoms with van der Waals surface area (Å²) in [6.07, 6.45) is 7.68. The molecule has 0 aromatic heterocycles. The van der Waals surface area contributed by atoms with Crippen molar-refractivity contribution < 1.29 is 9.59 Å². The fourth-order valence-electron chi connectivity index (χ4n) is 3.18. The van der Waals surface area contributed by atoms with Gasteiger partial charge in [0.1, 0.15) is 0 Å². The Morgan fingerprint density at radius 2 is 1.78 bits per heavy atom. The van der Waals surface area contributed by atoms with Crippen LogP contribution < -0.4 is 0 Å². The van der Waals surface area contributed by atoms with Crippen LogP contribution in [0.15, 0.2) is 0 Å². The molecule has 2 aliphatic rings. The van der Waals surface area contributed by atoms with E-state index in [0.717, 1.165) is 12.8 Å². The predicted octanol–water partition coefficient (Wildman–Crippen LogP) is 1.65. The highest BCUT2D eigenvalue weighted by atomic mass is 16.2.